The summed E-state index contributed by atoms with van der Waals surface area (Å²) < 4.78 is 10.3. The van der Waals surface area contributed by atoms with Gasteiger partial charge in [-0.2, -0.15) is 0 Å². The predicted molar refractivity (Wildman–Crippen MR) is 86.1 cm³/mol. The normalized spacial score (nSPS) is 10.2. The summed E-state index contributed by atoms with van der Waals surface area (Å²) in [6, 6.07) is 12.6. The van der Waals surface area contributed by atoms with Gasteiger partial charge in [-0.15, -0.1) is 11.8 Å². The average molecular weight is 323 g/mol. The van der Waals surface area contributed by atoms with Crippen molar-refractivity contribution < 1.29 is 14.3 Å². The van der Waals surface area contributed by atoms with Gasteiger partial charge in [0, 0.05) is 21.5 Å². The van der Waals surface area contributed by atoms with Gasteiger partial charge in [0.2, 0.25) is 0 Å². The van der Waals surface area contributed by atoms with Crippen LogP contribution in [0.2, 0.25) is 5.02 Å². The molecule has 2 rings (SSSR count). The standard InChI is InChI=1S/C16H15ClO3S/c1-19-13-6-11(7-14(9-13)20-2)16(18)10-21-15-5-3-4-12(17)8-15/h3-9H,10H2,1-2H3. The minimum absolute atomic E-state index is 0.0113. The number of ketones is 1. The van der Waals surface area contributed by atoms with Crippen LogP contribution >= 0.6 is 23.4 Å². The van der Waals surface area contributed by atoms with Crippen molar-refractivity contribution in [3.8, 4) is 11.5 Å². The molecule has 0 bridgehead atoms. The van der Waals surface area contributed by atoms with Crippen molar-refractivity contribution in [2.24, 2.45) is 0 Å². The number of rotatable bonds is 6. The van der Waals surface area contributed by atoms with Crippen molar-refractivity contribution in [2.75, 3.05) is 20.0 Å². The van der Waals surface area contributed by atoms with Crippen LogP contribution in [0.25, 0.3) is 0 Å². The number of hydrogen-bond donors (Lipinski definition) is 0. The van der Waals surface area contributed by atoms with Crippen molar-refractivity contribution in [1.29, 1.82) is 0 Å². The lowest BCUT2D eigenvalue weighted by atomic mass is 10.1. The van der Waals surface area contributed by atoms with Gasteiger partial charge in [-0.25, -0.2) is 0 Å². The molecular formula is C16H15ClO3S. The number of ether oxygens (including phenoxy) is 2. The Morgan fingerprint density at radius 2 is 1.76 bits per heavy atom. The number of methoxy groups -OCH3 is 2. The van der Waals surface area contributed by atoms with E-state index in [0.29, 0.717) is 27.8 Å². The Morgan fingerprint density at radius 3 is 2.33 bits per heavy atom. The van der Waals surface area contributed by atoms with E-state index in [4.69, 9.17) is 21.1 Å². The summed E-state index contributed by atoms with van der Waals surface area (Å²) in [6.45, 7) is 0. The van der Waals surface area contributed by atoms with Crippen molar-refractivity contribution in [3.05, 3.63) is 53.1 Å². The van der Waals surface area contributed by atoms with Gasteiger partial charge < -0.3 is 9.47 Å². The zero-order valence-electron chi connectivity index (χ0n) is 11.8. The molecule has 0 fully saturated rings. The third-order valence-electron chi connectivity index (χ3n) is 2.84. The number of hydrogen-bond acceptors (Lipinski definition) is 4. The molecule has 0 N–H and O–H groups in total. The molecule has 0 saturated heterocycles. The maximum atomic E-state index is 12.3. The third-order valence-corrected chi connectivity index (χ3v) is 4.07. The number of halogens is 1. The number of carbonyl (C=O) groups is 1. The second kappa shape index (κ2) is 7.38. The first-order chi connectivity index (χ1) is 10.1. The predicted octanol–water partition coefficient (Wildman–Crippen LogP) is 4.33. The largest absolute Gasteiger partial charge is 0.497 e. The number of benzene rings is 2. The van der Waals surface area contributed by atoms with E-state index in [1.165, 1.54) is 11.8 Å². The lowest BCUT2D eigenvalue weighted by Crippen LogP contribution is -2.03. The molecule has 0 amide bonds. The van der Waals surface area contributed by atoms with Crippen molar-refractivity contribution in [3.63, 3.8) is 0 Å². The molecule has 0 spiro atoms. The first kappa shape index (κ1) is 15.7. The molecular weight excluding hydrogens is 308 g/mol. The molecule has 0 atom stereocenters. The smallest absolute Gasteiger partial charge is 0.173 e. The highest BCUT2D eigenvalue weighted by Crippen LogP contribution is 2.26. The van der Waals surface area contributed by atoms with Crippen LogP contribution in [0.1, 0.15) is 10.4 Å². The fourth-order valence-electron chi connectivity index (χ4n) is 1.76. The fourth-order valence-corrected chi connectivity index (χ4v) is 2.86. The summed E-state index contributed by atoms with van der Waals surface area (Å²) in [5.41, 5.74) is 0.570. The number of Topliss-reactive ketones (excluding diaryl/α,β-unsaturated/α-hetero) is 1. The Hall–Kier alpha value is -1.65. The van der Waals surface area contributed by atoms with E-state index in [-0.39, 0.29) is 5.78 Å². The van der Waals surface area contributed by atoms with Gasteiger partial charge in [-0.3, -0.25) is 4.79 Å². The summed E-state index contributed by atoms with van der Waals surface area (Å²) >= 11 is 7.37. The molecule has 0 unspecified atom stereocenters. The Morgan fingerprint density at radius 1 is 1.10 bits per heavy atom. The van der Waals surface area contributed by atoms with Crippen LogP contribution < -0.4 is 9.47 Å². The van der Waals surface area contributed by atoms with Crippen molar-refractivity contribution in [2.45, 2.75) is 4.90 Å². The highest BCUT2D eigenvalue weighted by Gasteiger charge is 2.10. The molecule has 3 nitrogen and oxygen atoms in total. The van der Waals surface area contributed by atoms with E-state index in [0.717, 1.165) is 4.90 Å². The van der Waals surface area contributed by atoms with Gasteiger partial charge in [-0.05, 0) is 30.3 Å². The quantitative estimate of drug-likeness (QED) is 0.585. The summed E-state index contributed by atoms with van der Waals surface area (Å²) in [7, 11) is 3.12. The van der Waals surface area contributed by atoms with Gasteiger partial charge in [-0.1, -0.05) is 17.7 Å². The maximum Gasteiger partial charge on any atom is 0.173 e. The second-order valence-electron chi connectivity index (χ2n) is 4.27. The van der Waals surface area contributed by atoms with E-state index >= 15 is 0 Å². The molecule has 0 aromatic heterocycles. The minimum Gasteiger partial charge on any atom is -0.497 e. The fraction of sp³-hybridized carbons (Fsp3) is 0.188. The van der Waals surface area contributed by atoms with E-state index in [2.05, 4.69) is 0 Å². The highest BCUT2D eigenvalue weighted by molar-refractivity contribution is 8.00. The zero-order valence-corrected chi connectivity index (χ0v) is 13.3. The van der Waals surface area contributed by atoms with Gasteiger partial charge >= 0.3 is 0 Å². The summed E-state index contributed by atoms with van der Waals surface area (Å²) in [4.78, 5) is 13.2. The number of carbonyl (C=O) groups excluding carboxylic acids is 1. The summed E-state index contributed by atoms with van der Waals surface area (Å²) in [5.74, 6) is 1.55. The monoisotopic (exact) mass is 322 g/mol. The SMILES string of the molecule is COc1cc(OC)cc(C(=O)CSc2cccc(Cl)c2)c1. The minimum atomic E-state index is 0.0113. The number of thioether (sulfide) groups is 1. The molecule has 21 heavy (non-hydrogen) atoms. The molecule has 0 saturated carbocycles. The third kappa shape index (κ3) is 4.41. The van der Waals surface area contributed by atoms with Crippen LogP contribution in [0.15, 0.2) is 47.4 Å². The molecule has 110 valence electrons. The summed E-state index contributed by atoms with van der Waals surface area (Å²) in [6.07, 6.45) is 0. The topological polar surface area (TPSA) is 35.5 Å². The van der Waals surface area contributed by atoms with Crippen LogP contribution in [0.5, 0.6) is 11.5 Å². The Balaban J connectivity index is 2.09. The molecule has 2 aromatic rings. The lowest BCUT2D eigenvalue weighted by Gasteiger charge is -2.08. The van der Waals surface area contributed by atoms with Crippen LogP contribution in [-0.2, 0) is 0 Å². The van der Waals surface area contributed by atoms with Crippen molar-refractivity contribution >= 4 is 29.1 Å². The van der Waals surface area contributed by atoms with Gasteiger partial charge in [0.05, 0.1) is 20.0 Å². The first-order valence-corrected chi connectivity index (χ1v) is 7.63. The van der Waals surface area contributed by atoms with Crippen LogP contribution in [-0.4, -0.2) is 25.8 Å². The van der Waals surface area contributed by atoms with Crippen LogP contribution in [0.4, 0.5) is 0 Å². The van der Waals surface area contributed by atoms with E-state index in [1.807, 2.05) is 18.2 Å². The Labute approximate surface area is 133 Å². The van der Waals surface area contributed by atoms with Crippen LogP contribution in [0.3, 0.4) is 0 Å². The van der Waals surface area contributed by atoms with Gasteiger partial charge in [0.25, 0.3) is 0 Å². The maximum absolute atomic E-state index is 12.3. The molecule has 0 heterocycles. The average Bonchev–Trinajstić information content (AvgIpc) is 2.52. The van der Waals surface area contributed by atoms with Gasteiger partial charge in [0.1, 0.15) is 11.5 Å². The Kier molecular flexibility index (Phi) is 5.53. The van der Waals surface area contributed by atoms with E-state index in [9.17, 15) is 4.79 Å². The molecule has 0 aliphatic rings. The zero-order chi connectivity index (χ0) is 15.2. The summed E-state index contributed by atoms with van der Waals surface area (Å²) in [5, 5.41) is 0.662. The molecule has 5 heteroatoms. The molecule has 0 aliphatic heterocycles. The molecule has 0 radical (unpaired) electrons. The highest BCUT2D eigenvalue weighted by atomic mass is 35.5. The van der Waals surface area contributed by atoms with Crippen molar-refractivity contribution in [1.82, 2.24) is 0 Å². The molecule has 2 aromatic carbocycles. The van der Waals surface area contributed by atoms with E-state index < -0.39 is 0 Å². The first-order valence-electron chi connectivity index (χ1n) is 6.27. The van der Waals surface area contributed by atoms with Crippen LogP contribution in [0, 0.1) is 0 Å². The second-order valence-corrected chi connectivity index (χ2v) is 5.76. The van der Waals surface area contributed by atoms with E-state index in [1.54, 1.807) is 38.5 Å². The molecule has 0 aliphatic carbocycles. The lowest BCUT2D eigenvalue weighted by molar-refractivity contribution is 0.102. The Bertz CT molecular complexity index is 621. The van der Waals surface area contributed by atoms with Gasteiger partial charge in [0.15, 0.2) is 5.78 Å².